The molecule has 1 aliphatic carbocycles. The van der Waals surface area contributed by atoms with Crippen LogP contribution in [0.2, 0.25) is 0 Å². The highest BCUT2D eigenvalue weighted by atomic mass is 19.1. The number of halogens is 1. The van der Waals surface area contributed by atoms with Gasteiger partial charge in [0.05, 0.1) is 5.56 Å². The Morgan fingerprint density at radius 1 is 1.14 bits per heavy atom. The maximum atomic E-state index is 13.8. The number of aryl methyl sites for hydroxylation is 2. The van der Waals surface area contributed by atoms with Crippen LogP contribution in [0.5, 0.6) is 5.75 Å². The number of benzene rings is 2. The van der Waals surface area contributed by atoms with Gasteiger partial charge >= 0.3 is 5.97 Å². The minimum Gasteiger partial charge on any atom is -0.489 e. The molecule has 0 heterocycles. The van der Waals surface area contributed by atoms with Gasteiger partial charge in [0.2, 0.25) is 0 Å². The minimum absolute atomic E-state index is 0.0613. The molecule has 0 amide bonds. The molecule has 4 heteroatoms. The van der Waals surface area contributed by atoms with Crippen molar-refractivity contribution in [2.75, 3.05) is 0 Å². The van der Waals surface area contributed by atoms with Crippen molar-refractivity contribution >= 4 is 5.97 Å². The molecule has 2 aromatic carbocycles. The standard InChI is InChI=1S/C17H15FO3/c18-16-9-13(17(19)20)4-5-14(16)10-21-15-7-6-11-2-1-3-12(11)8-15/h4-9H,1-3,10H2,(H,19,20). The van der Waals surface area contributed by atoms with Crippen LogP contribution in [0.1, 0.15) is 33.5 Å². The first-order valence-corrected chi connectivity index (χ1v) is 6.90. The fraction of sp³-hybridized carbons (Fsp3) is 0.235. The Kier molecular flexibility index (Phi) is 3.60. The van der Waals surface area contributed by atoms with Crippen LogP contribution in [0, 0.1) is 5.82 Å². The number of rotatable bonds is 4. The maximum absolute atomic E-state index is 13.8. The van der Waals surface area contributed by atoms with Crippen molar-refractivity contribution in [3.63, 3.8) is 0 Å². The summed E-state index contributed by atoms with van der Waals surface area (Å²) in [6.45, 7) is 0.0878. The quantitative estimate of drug-likeness (QED) is 0.934. The van der Waals surface area contributed by atoms with Gasteiger partial charge in [-0.15, -0.1) is 0 Å². The van der Waals surface area contributed by atoms with Crippen molar-refractivity contribution in [1.82, 2.24) is 0 Å². The van der Waals surface area contributed by atoms with Crippen molar-refractivity contribution in [3.05, 3.63) is 64.5 Å². The van der Waals surface area contributed by atoms with Crippen LogP contribution in [0.3, 0.4) is 0 Å². The molecule has 3 nitrogen and oxygen atoms in total. The number of aromatic carboxylic acids is 1. The van der Waals surface area contributed by atoms with E-state index in [4.69, 9.17) is 9.84 Å². The molecule has 3 rings (SSSR count). The molecule has 0 fully saturated rings. The Balaban J connectivity index is 1.71. The van der Waals surface area contributed by atoms with Crippen molar-refractivity contribution in [2.45, 2.75) is 25.9 Å². The highest BCUT2D eigenvalue weighted by Gasteiger charge is 2.12. The lowest BCUT2D eigenvalue weighted by molar-refractivity contribution is 0.0696. The second-order valence-electron chi connectivity index (χ2n) is 5.18. The second kappa shape index (κ2) is 5.56. The summed E-state index contributed by atoms with van der Waals surface area (Å²) in [5, 5.41) is 8.80. The largest absolute Gasteiger partial charge is 0.489 e. The fourth-order valence-electron chi connectivity index (χ4n) is 2.60. The van der Waals surface area contributed by atoms with Crippen LogP contribution in [0.15, 0.2) is 36.4 Å². The third-order valence-electron chi connectivity index (χ3n) is 3.76. The SMILES string of the molecule is O=C(O)c1ccc(COc2ccc3c(c2)CCC3)c(F)c1. The molecule has 0 saturated carbocycles. The topological polar surface area (TPSA) is 46.5 Å². The number of carboxylic acid groups (broad SMARTS) is 1. The van der Waals surface area contributed by atoms with E-state index in [-0.39, 0.29) is 12.2 Å². The number of hydrogen-bond acceptors (Lipinski definition) is 2. The van der Waals surface area contributed by atoms with Gasteiger partial charge in [-0.1, -0.05) is 12.1 Å². The lowest BCUT2D eigenvalue weighted by Gasteiger charge is -2.09. The van der Waals surface area contributed by atoms with E-state index in [0.29, 0.717) is 5.56 Å². The number of fused-ring (bicyclic) bond motifs is 1. The number of carboxylic acids is 1. The number of ether oxygens (including phenoxy) is 1. The third kappa shape index (κ3) is 2.89. The average molecular weight is 286 g/mol. The van der Waals surface area contributed by atoms with Gasteiger partial charge in [-0.2, -0.15) is 0 Å². The zero-order valence-electron chi connectivity index (χ0n) is 11.4. The van der Waals surface area contributed by atoms with Crippen LogP contribution in [0.4, 0.5) is 4.39 Å². The molecule has 21 heavy (non-hydrogen) atoms. The van der Waals surface area contributed by atoms with Crippen molar-refractivity contribution in [2.24, 2.45) is 0 Å². The number of hydrogen-bond donors (Lipinski definition) is 1. The lowest BCUT2D eigenvalue weighted by Crippen LogP contribution is -2.02. The van der Waals surface area contributed by atoms with Gasteiger partial charge in [0.15, 0.2) is 0 Å². The Hall–Kier alpha value is -2.36. The molecule has 0 atom stereocenters. The van der Waals surface area contributed by atoms with Crippen LogP contribution >= 0.6 is 0 Å². The lowest BCUT2D eigenvalue weighted by atomic mass is 10.1. The molecular weight excluding hydrogens is 271 g/mol. The first kappa shape index (κ1) is 13.6. The molecule has 0 spiro atoms. The summed E-state index contributed by atoms with van der Waals surface area (Å²) in [7, 11) is 0. The van der Waals surface area contributed by atoms with E-state index < -0.39 is 11.8 Å². The van der Waals surface area contributed by atoms with E-state index in [1.165, 1.54) is 29.7 Å². The molecule has 0 saturated heterocycles. The monoisotopic (exact) mass is 286 g/mol. The Bertz CT molecular complexity index is 694. The molecule has 1 aliphatic rings. The summed E-state index contributed by atoms with van der Waals surface area (Å²) < 4.78 is 19.4. The second-order valence-corrected chi connectivity index (χ2v) is 5.18. The van der Waals surface area contributed by atoms with Gasteiger partial charge < -0.3 is 9.84 Å². The first-order valence-electron chi connectivity index (χ1n) is 6.90. The molecule has 0 unspecified atom stereocenters. The van der Waals surface area contributed by atoms with Gasteiger partial charge in [-0.3, -0.25) is 0 Å². The fourth-order valence-corrected chi connectivity index (χ4v) is 2.60. The summed E-state index contributed by atoms with van der Waals surface area (Å²) in [6.07, 6.45) is 3.35. The van der Waals surface area contributed by atoms with Crippen molar-refractivity contribution in [3.8, 4) is 5.75 Å². The number of carbonyl (C=O) groups is 1. The predicted molar refractivity (Wildman–Crippen MR) is 76.2 cm³/mol. The maximum Gasteiger partial charge on any atom is 0.335 e. The van der Waals surface area contributed by atoms with Gasteiger partial charge in [0.1, 0.15) is 18.2 Å². The molecule has 0 aliphatic heterocycles. The zero-order valence-corrected chi connectivity index (χ0v) is 11.4. The van der Waals surface area contributed by atoms with Gasteiger partial charge in [0, 0.05) is 5.56 Å². The highest BCUT2D eigenvalue weighted by Crippen LogP contribution is 2.26. The molecule has 0 aromatic heterocycles. The van der Waals surface area contributed by atoms with Crippen LogP contribution in [0.25, 0.3) is 0 Å². The minimum atomic E-state index is -1.14. The summed E-state index contributed by atoms with van der Waals surface area (Å²) in [6, 6.07) is 9.81. The highest BCUT2D eigenvalue weighted by molar-refractivity contribution is 5.87. The van der Waals surface area contributed by atoms with E-state index in [1.807, 2.05) is 12.1 Å². The van der Waals surface area contributed by atoms with Crippen molar-refractivity contribution in [1.29, 1.82) is 0 Å². The smallest absolute Gasteiger partial charge is 0.335 e. The summed E-state index contributed by atoms with van der Waals surface area (Å²) >= 11 is 0. The van der Waals surface area contributed by atoms with E-state index >= 15 is 0 Å². The van der Waals surface area contributed by atoms with Crippen LogP contribution in [-0.2, 0) is 19.4 Å². The molecular formula is C17H15FO3. The normalized spacial score (nSPS) is 13.0. The van der Waals surface area contributed by atoms with E-state index in [1.54, 1.807) is 0 Å². The average Bonchev–Trinajstić information content (AvgIpc) is 2.93. The first-order chi connectivity index (χ1) is 10.1. The summed E-state index contributed by atoms with van der Waals surface area (Å²) in [5.74, 6) is -0.978. The molecule has 1 N–H and O–H groups in total. The van der Waals surface area contributed by atoms with Crippen LogP contribution < -0.4 is 4.74 Å². The Morgan fingerprint density at radius 2 is 1.95 bits per heavy atom. The zero-order chi connectivity index (χ0) is 14.8. The molecule has 0 bridgehead atoms. The Morgan fingerprint density at radius 3 is 2.71 bits per heavy atom. The van der Waals surface area contributed by atoms with Crippen molar-refractivity contribution < 1.29 is 19.0 Å². The molecule has 0 radical (unpaired) electrons. The third-order valence-corrected chi connectivity index (χ3v) is 3.76. The van der Waals surface area contributed by atoms with Gasteiger partial charge in [-0.25, -0.2) is 9.18 Å². The van der Waals surface area contributed by atoms with Gasteiger partial charge in [-0.05, 0) is 54.7 Å². The summed E-state index contributed by atoms with van der Waals surface area (Å²) in [5.41, 5.74) is 2.95. The predicted octanol–water partition coefficient (Wildman–Crippen LogP) is 3.59. The molecule has 108 valence electrons. The van der Waals surface area contributed by atoms with E-state index in [9.17, 15) is 9.18 Å². The van der Waals surface area contributed by atoms with Gasteiger partial charge in [0.25, 0.3) is 0 Å². The van der Waals surface area contributed by atoms with E-state index in [2.05, 4.69) is 6.07 Å². The summed E-state index contributed by atoms with van der Waals surface area (Å²) in [4.78, 5) is 10.8. The van der Waals surface area contributed by atoms with E-state index in [0.717, 1.165) is 24.7 Å². The Labute approximate surface area is 122 Å². The molecule has 2 aromatic rings. The van der Waals surface area contributed by atoms with Crippen LogP contribution in [-0.4, -0.2) is 11.1 Å².